The molecule has 3 aliphatic rings. The lowest BCUT2D eigenvalue weighted by Crippen LogP contribution is -2.58. The number of likely N-dealkylation sites (N-methyl/N-ethyl adjacent to an activating group) is 1. The quantitative estimate of drug-likeness (QED) is 0.320. The van der Waals surface area contributed by atoms with Gasteiger partial charge in [0.05, 0.1) is 23.3 Å². The van der Waals surface area contributed by atoms with Crippen LogP contribution in [0.2, 0.25) is 0 Å². The first-order valence-corrected chi connectivity index (χ1v) is 9.90. The van der Waals surface area contributed by atoms with Crippen molar-refractivity contribution in [1.82, 2.24) is 9.80 Å². The summed E-state index contributed by atoms with van der Waals surface area (Å²) >= 11 is 0. The van der Waals surface area contributed by atoms with Gasteiger partial charge in [-0.15, -0.1) is 0 Å². The molecule has 4 rings (SSSR count). The molecule has 0 spiro atoms. The Kier molecular flexibility index (Phi) is 4.73. The molecule has 1 aromatic rings. The zero-order valence-corrected chi connectivity index (χ0v) is 17.0. The molecule has 3 aliphatic heterocycles. The van der Waals surface area contributed by atoms with E-state index in [4.69, 9.17) is 4.74 Å². The second-order valence-corrected chi connectivity index (χ2v) is 8.23. The molecule has 2 fully saturated rings. The molecule has 0 radical (unpaired) electrons. The maximum Gasteiger partial charge on any atom is 0.269 e. The van der Waals surface area contributed by atoms with Crippen molar-refractivity contribution >= 4 is 23.4 Å². The monoisotopic (exact) mass is 413 g/mol. The molecule has 0 saturated carbocycles. The van der Waals surface area contributed by atoms with E-state index in [-0.39, 0.29) is 36.4 Å². The van der Waals surface area contributed by atoms with E-state index in [1.165, 1.54) is 17.0 Å². The van der Waals surface area contributed by atoms with Crippen molar-refractivity contribution in [2.75, 3.05) is 13.1 Å². The minimum atomic E-state index is -0.923. The van der Waals surface area contributed by atoms with Gasteiger partial charge >= 0.3 is 0 Å². The number of non-ortho nitro benzene ring substituents is 1. The van der Waals surface area contributed by atoms with Gasteiger partial charge in [-0.2, -0.15) is 0 Å². The zero-order valence-electron chi connectivity index (χ0n) is 17.0. The number of nitro groups is 1. The van der Waals surface area contributed by atoms with E-state index < -0.39 is 28.6 Å². The molecule has 30 heavy (non-hydrogen) atoms. The topological polar surface area (TPSA) is 110 Å². The van der Waals surface area contributed by atoms with E-state index >= 15 is 0 Å². The first-order chi connectivity index (χ1) is 14.2. The van der Waals surface area contributed by atoms with Gasteiger partial charge in [0.25, 0.3) is 11.6 Å². The van der Waals surface area contributed by atoms with Crippen molar-refractivity contribution in [2.24, 2.45) is 5.92 Å². The maximum absolute atomic E-state index is 13.2. The number of hydrogen-bond acceptors (Lipinski definition) is 6. The summed E-state index contributed by atoms with van der Waals surface area (Å²) in [6, 6.07) is 5.25. The molecule has 9 heteroatoms. The molecule has 2 saturated heterocycles. The molecular weight excluding hydrogens is 390 g/mol. The number of fused-ring (bicyclic) bond motifs is 3. The number of amides is 3. The van der Waals surface area contributed by atoms with Crippen LogP contribution in [0.1, 0.15) is 26.3 Å². The predicted octanol–water partition coefficient (Wildman–Crippen LogP) is 1.46. The number of benzene rings is 1. The van der Waals surface area contributed by atoms with Crippen LogP contribution in [-0.4, -0.2) is 63.3 Å². The summed E-state index contributed by atoms with van der Waals surface area (Å²) in [6.07, 6.45) is 1.06. The normalized spacial score (nSPS) is 30.2. The Balaban J connectivity index is 1.63. The number of nitro benzene ring substituents is 1. The van der Waals surface area contributed by atoms with Gasteiger partial charge in [-0.05, 0) is 26.3 Å². The SMILES string of the molecule is CCN1C(=O)[C@H]2[C@H](O[C@@]3(C)C=C(C)CN(C(=O)Cc4ccc([N+](=O)[O-])cc4)[C@@H]23)C1=O. The molecule has 9 nitrogen and oxygen atoms in total. The van der Waals surface area contributed by atoms with Crippen LogP contribution in [0.5, 0.6) is 0 Å². The lowest BCUT2D eigenvalue weighted by atomic mass is 9.81. The second-order valence-electron chi connectivity index (χ2n) is 8.23. The fraction of sp³-hybridized carbons (Fsp3) is 0.476. The van der Waals surface area contributed by atoms with Crippen molar-refractivity contribution in [1.29, 1.82) is 0 Å². The van der Waals surface area contributed by atoms with Crippen LogP contribution in [0.25, 0.3) is 0 Å². The summed E-state index contributed by atoms with van der Waals surface area (Å²) in [7, 11) is 0. The largest absolute Gasteiger partial charge is 0.355 e. The molecule has 0 aliphatic carbocycles. The third kappa shape index (κ3) is 3.00. The highest BCUT2D eigenvalue weighted by molar-refractivity contribution is 6.07. The molecule has 4 atom stereocenters. The molecule has 3 heterocycles. The molecule has 158 valence electrons. The Morgan fingerprint density at radius 3 is 2.53 bits per heavy atom. The number of rotatable bonds is 4. The highest BCUT2D eigenvalue weighted by Crippen LogP contribution is 2.47. The minimum Gasteiger partial charge on any atom is -0.355 e. The lowest BCUT2D eigenvalue weighted by molar-refractivity contribution is -0.384. The maximum atomic E-state index is 13.2. The number of imide groups is 1. The van der Waals surface area contributed by atoms with Gasteiger partial charge in [0, 0.05) is 25.2 Å². The Labute approximate surface area is 173 Å². The molecule has 0 aromatic heterocycles. The number of ether oxygens (including phenoxy) is 1. The highest BCUT2D eigenvalue weighted by atomic mass is 16.6. The number of carbonyl (C=O) groups is 3. The van der Waals surface area contributed by atoms with Crippen molar-refractivity contribution in [3.8, 4) is 0 Å². The molecule has 0 N–H and O–H groups in total. The summed E-state index contributed by atoms with van der Waals surface area (Å²) in [5.74, 6) is -1.60. The van der Waals surface area contributed by atoms with E-state index in [1.807, 2.05) is 19.9 Å². The number of likely N-dealkylation sites (tertiary alicyclic amines) is 1. The van der Waals surface area contributed by atoms with E-state index in [2.05, 4.69) is 0 Å². The van der Waals surface area contributed by atoms with Gasteiger partial charge in [0.2, 0.25) is 11.8 Å². The first-order valence-electron chi connectivity index (χ1n) is 9.90. The van der Waals surface area contributed by atoms with Gasteiger partial charge in [0.1, 0.15) is 5.60 Å². The highest BCUT2D eigenvalue weighted by Gasteiger charge is 2.65. The van der Waals surface area contributed by atoms with Crippen LogP contribution < -0.4 is 0 Å². The Morgan fingerprint density at radius 1 is 1.27 bits per heavy atom. The zero-order chi connectivity index (χ0) is 21.8. The van der Waals surface area contributed by atoms with Crippen LogP contribution in [0.3, 0.4) is 0 Å². The van der Waals surface area contributed by atoms with Crippen LogP contribution in [-0.2, 0) is 25.5 Å². The van der Waals surface area contributed by atoms with Gasteiger partial charge in [-0.25, -0.2) is 0 Å². The molecule has 3 amide bonds. The van der Waals surface area contributed by atoms with E-state index in [1.54, 1.807) is 24.0 Å². The van der Waals surface area contributed by atoms with Crippen LogP contribution in [0.4, 0.5) is 5.69 Å². The Bertz CT molecular complexity index is 971. The smallest absolute Gasteiger partial charge is 0.269 e. The lowest BCUT2D eigenvalue weighted by Gasteiger charge is -2.43. The van der Waals surface area contributed by atoms with Crippen molar-refractivity contribution in [3.05, 3.63) is 51.6 Å². The van der Waals surface area contributed by atoms with E-state index in [0.29, 0.717) is 12.1 Å². The number of nitrogens with zero attached hydrogens (tertiary/aromatic N) is 3. The molecule has 0 bridgehead atoms. The van der Waals surface area contributed by atoms with Crippen molar-refractivity contribution in [3.63, 3.8) is 0 Å². The third-order valence-electron chi connectivity index (χ3n) is 6.12. The summed E-state index contributed by atoms with van der Waals surface area (Å²) in [4.78, 5) is 52.0. The van der Waals surface area contributed by atoms with Gasteiger partial charge in [-0.3, -0.25) is 29.4 Å². The van der Waals surface area contributed by atoms with Gasteiger partial charge in [0.15, 0.2) is 6.10 Å². The Hall–Kier alpha value is -3.07. The fourth-order valence-electron chi connectivity index (χ4n) is 4.94. The van der Waals surface area contributed by atoms with Crippen molar-refractivity contribution < 1.29 is 24.0 Å². The van der Waals surface area contributed by atoms with Crippen LogP contribution in [0, 0.1) is 16.0 Å². The summed E-state index contributed by atoms with van der Waals surface area (Å²) < 4.78 is 6.08. The third-order valence-corrected chi connectivity index (χ3v) is 6.12. The van der Waals surface area contributed by atoms with Crippen LogP contribution >= 0.6 is 0 Å². The molecular formula is C21H23N3O6. The van der Waals surface area contributed by atoms with Crippen LogP contribution in [0.15, 0.2) is 35.9 Å². The second kappa shape index (κ2) is 7.02. The average molecular weight is 413 g/mol. The fourth-order valence-corrected chi connectivity index (χ4v) is 4.94. The predicted molar refractivity (Wildman–Crippen MR) is 105 cm³/mol. The van der Waals surface area contributed by atoms with Gasteiger partial charge in [-0.1, -0.05) is 23.8 Å². The first kappa shape index (κ1) is 20.2. The number of hydrogen-bond donors (Lipinski definition) is 0. The van der Waals surface area contributed by atoms with E-state index in [0.717, 1.165) is 5.57 Å². The average Bonchev–Trinajstić information content (AvgIpc) is 3.11. The summed E-state index contributed by atoms with van der Waals surface area (Å²) in [5.41, 5.74) is 0.586. The molecule has 0 unspecified atom stereocenters. The summed E-state index contributed by atoms with van der Waals surface area (Å²) in [5, 5.41) is 10.8. The van der Waals surface area contributed by atoms with E-state index in [9.17, 15) is 24.5 Å². The minimum absolute atomic E-state index is 0.0366. The van der Waals surface area contributed by atoms with Crippen molar-refractivity contribution in [2.45, 2.75) is 44.9 Å². The summed E-state index contributed by atoms with van der Waals surface area (Å²) in [6.45, 7) is 6.03. The van der Waals surface area contributed by atoms with Gasteiger partial charge < -0.3 is 9.64 Å². The Morgan fingerprint density at radius 2 is 1.93 bits per heavy atom. The number of carbonyl (C=O) groups excluding carboxylic acids is 3. The standard InChI is InChI=1S/C21H23N3O6/c1-4-22-19(26)16-17(20(22)27)30-21(3)10-12(2)11-23(18(16)21)15(25)9-13-5-7-14(8-6-13)24(28)29/h5-8,10,16-18H,4,9,11H2,1-3H3/t16-,17-,18-,21-/m0/s1. The molecule has 1 aromatic carbocycles.